The first-order valence-electron chi connectivity index (χ1n) is 9.83. The molecule has 2 unspecified atom stereocenters. The standard InChI is InChI=1S/C22H28N2O4S/c1-28-22(26)19-11-9-17(10-12-19)14-24(29-27)16-21(18-6-3-2-4-7-18)23-13-5-8-20(25)15-23/h2-4,6-7,9-12,20-21,25,29H,5,8,13-16H2,1H3. The summed E-state index contributed by atoms with van der Waals surface area (Å²) in [6.07, 6.45) is 1.46. The summed E-state index contributed by atoms with van der Waals surface area (Å²) in [4.78, 5) is 13.9. The van der Waals surface area contributed by atoms with E-state index in [0.717, 1.165) is 30.5 Å². The Hall–Kier alpha value is -2.06. The number of methoxy groups -OCH3 is 1. The predicted octanol–water partition coefficient (Wildman–Crippen LogP) is 2.33. The molecule has 1 aliphatic heterocycles. The number of thiol groups is 1. The van der Waals surface area contributed by atoms with Crippen LogP contribution in [0.25, 0.3) is 0 Å². The molecule has 156 valence electrons. The largest absolute Gasteiger partial charge is 0.465 e. The molecule has 0 radical (unpaired) electrons. The van der Waals surface area contributed by atoms with Crippen molar-refractivity contribution in [3.63, 3.8) is 0 Å². The SMILES string of the molecule is COC(=O)c1ccc(CN(CC(c2ccccc2)N2CCCC(O)C2)[SH]=O)cc1. The van der Waals surface area contributed by atoms with E-state index in [4.69, 9.17) is 4.74 Å². The van der Waals surface area contributed by atoms with Gasteiger partial charge in [0.1, 0.15) is 0 Å². The van der Waals surface area contributed by atoms with E-state index >= 15 is 0 Å². The van der Waals surface area contributed by atoms with E-state index in [9.17, 15) is 14.1 Å². The van der Waals surface area contributed by atoms with Gasteiger partial charge in [-0.25, -0.2) is 13.3 Å². The fourth-order valence-electron chi connectivity index (χ4n) is 3.77. The van der Waals surface area contributed by atoms with Crippen molar-refractivity contribution in [2.45, 2.75) is 31.5 Å². The van der Waals surface area contributed by atoms with Gasteiger partial charge in [0.15, 0.2) is 0 Å². The topological polar surface area (TPSA) is 70.1 Å². The molecule has 6 nitrogen and oxygen atoms in total. The van der Waals surface area contributed by atoms with Crippen LogP contribution in [0.5, 0.6) is 0 Å². The second-order valence-corrected chi connectivity index (χ2v) is 8.06. The predicted molar refractivity (Wildman–Crippen MR) is 114 cm³/mol. The zero-order chi connectivity index (χ0) is 20.6. The number of ether oxygens (including phenoxy) is 1. The molecule has 1 fully saturated rings. The molecule has 29 heavy (non-hydrogen) atoms. The Morgan fingerprint density at radius 1 is 1.24 bits per heavy atom. The first-order chi connectivity index (χ1) is 14.1. The molecule has 0 spiro atoms. The van der Waals surface area contributed by atoms with Crippen molar-refractivity contribution in [1.82, 2.24) is 9.21 Å². The van der Waals surface area contributed by atoms with Crippen molar-refractivity contribution in [2.75, 3.05) is 26.7 Å². The third kappa shape index (κ3) is 5.96. The molecule has 0 amide bonds. The Kier molecular flexibility index (Phi) is 7.94. The fourth-order valence-corrected chi connectivity index (χ4v) is 4.22. The molecule has 1 heterocycles. The first kappa shape index (κ1) is 21.6. The Labute approximate surface area is 175 Å². The van der Waals surface area contributed by atoms with Crippen molar-refractivity contribution in [1.29, 1.82) is 0 Å². The highest BCUT2D eigenvalue weighted by Crippen LogP contribution is 2.26. The molecule has 0 aliphatic carbocycles. The number of benzene rings is 2. The fraction of sp³-hybridized carbons (Fsp3) is 0.409. The molecule has 0 aromatic heterocycles. The van der Waals surface area contributed by atoms with Crippen LogP contribution in [0.15, 0.2) is 54.6 Å². The summed E-state index contributed by atoms with van der Waals surface area (Å²) in [5.74, 6) is -0.372. The molecule has 2 aromatic rings. The summed E-state index contributed by atoms with van der Waals surface area (Å²) in [5.41, 5.74) is 2.61. The summed E-state index contributed by atoms with van der Waals surface area (Å²) in [6.45, 7) is 2.60. The molecule has 2 atom stereocenters. The van der Waals surface area contributed by atoms with Crippen LogP contribution >= 0.6 is 0 Å². The number of aliphatic hydroxyl groups is 1. The Bertz CT molecular complexity index is 800. The van der Waals surface area contributed by atoms with Crippen LogP contribution in [-0.2, 0) is 23.1 Å². The van der Waals surface area contributed by atoms with Gasteiger partial charge in [-0.1, -0.05) is 42.5 Å². The smallest absolute Gasteiger partial charge is 0.337 e. The van der Waals surface area contributed by atoms with Crippen LogP contribution in [0, 0.1) is 0 Å². The number of carbonyl (C=O) groups excluding carboxylic acids is 1. The number of hydrogen-bond donors (Lipinski definition) is 2. The second kappa shape index (κ2) is 10.6. The minimum absolute atomic E-state index is 0.0435. The van der Waals surface area contributed by atoms with E-state index in [1.165, 1.54) is 7.11 Å². The Morgan fingerprint density at radius 3 is 2.59 bits per heavy atom. The van der Waals surface area contributed by atoms with Crippen LogP contribution in [0.4, 0.5) is 0 Å². The number of hydrogen-bond acceptors (Lipinski definition) is 5. The van der Waals surface area contributed by atoms with Crippen LogP contribution < -0.4 is 0 Å². The normalized spacial score (nSPS) is 18.5. The monoisotopic (exact) mass is 416 g/mol. The van der Waals surface area contributed by atoms with Gasteiger partial charge in [-0.2, -0.15) is 0 Å². The van der Waals surface area contributed by atoms with Gasteiger partial charge >= 0.3 is 5.97 Å². The lowest BCUT2D eigenvalue weighted by atomic mass is 10.0. The Morgan fingerprint density at radius 2 is 1.97 bits per heavy atom. The van der Waals surface area contributed by atoms with Gasteiger partial charge in [0.05, 0.1) is 30.6 Å². The summed E-state index contributed by atoms with van der Waals surface area (Å²) < 4.78 is 18.5. The van der Waals surface area contributed by atoms with Crippen LogP contribution in [0.3, 0.4) is 0 Å². The number of rotatable bonds is 8. The molecule has 1 aliphatic rings. The van der Waals surface area contributed by atoms with Crippen molar-refractivity contribution in [3.05, 3.63) is 71.3 Å². The van der Waals surface area contributed by atoms with Gasteiger partial charge in [-0.3, -0.25) is 4.90 Å². The van der Waals surface area contributed by atoms with E-state index in [1.54, 1.807) is 12.1 Å². The second-order valence-electron chi connectivity index (χ2n) is 7.33. The van der Waals surface area contributed by atoms with Crippen LogP contribution in [0.2, 0.25) is 0 Å². The van der Waals surface area contributed by atoms with Crippen molar-refractivity contribution >= 4 is 17.8 Å². The average molecular weight is 417 g/mol. The molecular weight excluding hydrogens is 388 g/mol. The van der Waals surface area contributed by atoms with Gasteiger partial charge in [0, 0.05) is 25.7 Å². The molecule has 0 bridgehead atoms. The number of likely N-dealkylation sites (tertiary alicyclic amines) is 1. The maximum Gasteiger partial charge on any atom is 0.337 e. The van der Waals surface area contributed by atoms with Gasteiger partial charge in [-0.05, 0) is 42.6 Å². The molecule has 2 aromatic carbocycles. The van der Waals surface area contributed by atoms with Gasteiger partial charge in [-0.15, -0.1) is 0 Å². The summed E-state index contributed by atoms with van der Waals surface area (Å²) in [7, 11) is 1.36. The lowest BCUT2D eigenvalue weighted by Gasteiger charge is -2.38. The minimum atomic E-state index is -0.372. The van der Waals surface area contributed by atoms with E-state index in [0.29, 0.717) is 25.2 Å². The first-order valence-corrected chi connectivity index (χ1v) is 10.6. The lowest BCUT2D eigenvalue weighted by molar-refractivity contribution is 0.0410. The number of carbonyl (C=O) groups is 1. The van der Waals surface area contributed by atoms with Crippen molar-refractivity contribution in [3.8, 4) is 0 Å². The highest BCUT2D eigenvalue weighted by atomic mass is 32.2. The van der Waals surface area contributed by atoms with Crippen molar-refractivity contribution in [2.24, 2.45) is 0 Å². The lowest BCUT2D eigenvalue weighted by Crippen LogP contribution is -2.44. The minimum Gasteiger partial charge on any atom is -0.465 e. The van der Waals surface area contributed by atoms with E-state index < -0.39 is 0 Å². The van der Waals surface area contributed by atoms with Crippen LogP contribution in [0.1, 0.15) is 40.4 Å². The summed E-state index contributed by atoms with van der Waals surface area (Å²) in [5, 5.41) is 10.1. The quantitative estimate of drug-likeness (QED) is 0.511. The Balaban J connectivity index is 1.74. The maximum absolute atomic E-state index is 11.9. The summed E-state index contributed by atoms with van der Waals surface area (Å²) >= 11 is -0.0573. The zero-order valence-electron chi connectivity index (χ0n) is 16.6. The maximum atomic E-state index is 11.9. The highest BCUT2D eigenvalue weighted by molar-refractivity contribution is 7.62. The number of esters is 1. The van der Waals surface area contributed by atoms with Gasteiger partial charge < -0.3 is 9.84 Å². The van der Waals surface area contributed by atoms with Gasteiger partial charge in [0.25, 0.3) is 0 Å². The molecule has 7 heteroatoms. The van der Waals surface area contributed by atoms with E-state index in [-0.39, 0.29) is 30.0 Å². The van der Waals surface area contributed by atoms with Gasteiger partial charge in [0.2, 0.25) is 0 Å². The molecule has 1 N–H and O–H groups in total. The highest BCUT2D eigenvalue weighted by Gasteiger charge is 2.27. The summed E-state index contributed by atoms with van der Waals surface area (Å²) in [6, 6.07) is 17.3. The number of nitrogens with zero attached hydrogens (tertiary/aromatic N) is 2. The number of piperidine rings is 1. The number of β-amino-alcohol motifs (C(OH)–C–C–N with tert-alkyl or cyclic N) is 1. The average Bonchev–Trinajstić information content (AvgIpc) is 2.77. The molecule has 0 saturated carbocycles. The molecule has 1 saturated heterocycles. The van der Waals surface area contributed by atoms with E-state index in [2.05, 4.69) is 17.0 Å². The third-order valence-electron chi connectivity index (χ3n) is 5.29. The van der Waals surface area contributed by atoms with Crippen LogP contribution in [-0.4, -0.2) is 57.3 Å². The van der Waals surface area contributed by atoms with E-state index in [1.807, 2.05) is 34.6 Å². The number of aliphatic hydroxyl groups excluding tert-OH is 1. The third-order valence-corrected chi connectivity index (χ3v) is 5.83. The molecular formula is C22H28N2O4S. The molecule has 3 rings (SSSR count). The van der Waals surface area contributed by atoms with Crippen molar-refractivity contribution < 1.29 is 18.8 Å². The zero-order valence-corrected chi connectivity index (χ0v) is 17.5.